The van der Waals surface area contributed by atoms with Crippen molar-refractivity contribution in [3.63, 3.8) is 0 Å². The Balaban J connectivity index is 1.41. The van der Waals surface area contributed by atoms with Gasteiger partial charge in [-0.15, -0.1) is 10.2 Å². The Labute approximate surface area is 173 Å². The van der Waals surface area contributed by atoms with Gasteiger partial charge in [-0.05, 0) is 62.1 Å². The van der Waals surface area contributed by atoms with Gasteiger partial charge in [-0.25, -0.2) is 0 Å². The number of aryl methyl sites for hydroxylation is 2. The predicted molar refractivity (Wildman–Crippen MR) is 117 cm³/mol. The molecule has 0 unspecified atom stereocenters. The maximum atomic E-state index is 12.9. The van der Waals surface area contributed by atoms with Crippen molar-refractivity contribution in [3.8, 4) is 0 Å². The van der Waals surface area contributed by atoms with Gasteiger partial charge < -0.3 is 10.2 Å². The monoisotopic (exact) mass is 410 g/mol. The number of hydrogen-bond donors (Lipinski definition) is 1. The zero-order valence-electron chi connectivity index (χ0n) is 16.1. The van der Waals surface area contributed by atoms with Crippen molar-refractivity contribution in [1.29, 1.82) is 0 Å². The summed E-state index contributed by atoms with van der Waals surface area (Å²) in [4.78, 5) is 14.8. The van der Waals surface area contributed by atoms with Crippen molar-refractivity contribution < 1.29 is 4.79 Å². The van der Waals surface area contributed by atoms with Crippen LogP contribution in [0.15, 0.2) is 46.8 Å². The molecule has 0 saturated carbocycles. The summed E-state index contributed by atoms with van der Waals surface area (Å²) in [6, 6.07) is 14.3. The smallest absolute Gasteiger partial charge is 0.240 e. The highest BCUT2D eigenvalue weighted by Crippen LogP contribution is 2.34. The number of carbonyl (C=O) groups excluding carboxylic acids is 1. The van der Waals surface area contributed by atoms with Gasteiger partial charge in [-0.2, -0.15) is 0 Å². The average Bonchev–Trinajstić information content (AvgIpc) is 3.31. The lowest BCUT2D eigenvalue weighted by molar-refractivity contribution is -0.117. The summed E-state index contributed by atoms with van der Waals surface area (Å²) in [5.41, 5.74) is 5.76. The second kappa shape index (κ2) is 7.93. The Kier molecular flexibility index (Phi) is 5.37. The van der Waals surface area contributed by atoms with Gasteiger partial charge in [0.05, 0.1) is 5.25 Å². The second-order valence-electron chi connectivity index (χ2n) is 6.93. The summed E-state index contributed by atoms with van der Waals surface area (Å²) in [6.45, 7) is 6.87. The summed E-state index contributed by atoms with van der Waals surface area (Å²) in [7, 11) is 0. The fourth-order valence-corrected chi connectivity index (χ4v) is 5.22. The first-order chi connectivity index (χ1) is 13.5. The highest BCUT2D eigenvalue weighted by atomic mass is 32.2. The molecule has 0 fully saturated rings. The van der Waals surface area contributed by atoms with Gasteiger partial charge in [0.15, 0.2) is 4.34 Å². The Morgan fingerprint density at radius 2 is 2.00 bits per heavy atom. The third-order valence-corrected chi connectivity index (χ3v) is 6.95. The fraction of sp³-hybridized carbons (Fsp3) is 0.286. The molecule has 0 bridgehead atoms. The summed E-state index contributed by atoms with van der Waals surface area (Å²) in [5, 5.41) is 12.3. The van der Waals surface area contributed by atoms with Crippen LogP contribution in [-0.4, -0.2) is 27.9 Å². The molecule has 1 N–H and O–H groups in total. The summed E-state index contributed by atoms with van der Waals surface area (Å²) >= 11 is 2.93. The van der Waals surface area contributed by atoms with Gasteiger partial charge in [0.1, 0.15) is 0 Å². The van der Waals surface area contributed by atoms with Crippen molar-refractivity contribution in [3.05, 3.63) is 59.2 Å². The van der Waals surface area contributed by atoms with Crippen LogP contribution in [0.25, 0.3) is 0 Å². The number of hydrogen-bond acceptors (Lipinski definition) is 6. The first kappa shape index (κ1) is 19.0. The Morgan fingerprint density at radius 3 is 2.82 bits per heavy atom. The fourth-order valence-electron chi connectivity index (χ4n) is 3.24. The molecule has 1 amide bonds. The lowest BCUT2D eigenvalue weighted by atomic mass is 10.1. The van der Waals surface area contributed by atoms with Crippen LogP contribution < -0.4 is 10.2 Å². The Hall–Kier alpha value is -2.38. The molecule has 7 heteroatoms. The van der Waals surface area contributed by atoms with Crippen LogP contribution in [0.2, 0.25) is 0 Å². The molecule has 0 aliphatic carbocycles. The van der Waals surface area contributed by atoms with E-state index in [0.717, 1.165) is 33.8 Å². The molecule has 1 aliphatic rings. The van der Waals surface area contributed by atoms with E-state index in [4.69, 9.17) is 0 Å². The van der Waals surface area contributed by atoms with Crippen LogP contribution in [0.5, 0.6) is 0 Å². The second-order valence-corrected chi connectivity index (χ2v) is 9.49. The van der Waals surface area contributed by atoms with E-state index in [1.807, 2.05) is 36.1 Å². The largest absolute Gasteiger partial charge is 0.330 e. The summed E-state index contributed by atoms with van der Waals surface area (Å²) in [5.74, 6) is 0.119. The number of amides is 1. The summed E-state index contributed by atoms with van der Waals surface area (Å²) in [6.07, 6.45) is 0.919. The number of para-hydroxylation sites is 1. The van der Waals surface area contributed by atoms with E-state index in [1.54, 1.807) is 0 Å². The molecule has 2 heterocycles. The van der Waals surface area contributed by atoms with Gasteiger partial charge in [0.25, 0.3) is 0 Å². The number of thioether (sulfide) groups is 1. The molecule has 0 radical (unpaired) electrons. The molecular weight excluding hydrogens is 388 g/mol. The molecule has 1 atom stereocenters. The molecule has 5 nitrogen and oxygen atoms in total. The average molecular weight is 411 g/mol. The normalized spacial score (nSPS) is 14.0. The molecule has 1 aromatic heterocycles. The van der Waals surface area contributed by atoms with Gasteiger partial charge in [0, 0.05) is 17.9 Å². The van der Waals surface area contributed by atoms with Crippen LogP contribution in [0, 0.1) is 13.8 Å². The van der Waals surface area contributed by atoms with Crippen LogP contribution in [0.1, 0.15) is 23.6 Å². The number of rotatable bonds is 5. The van der Waals surface area contributed by atoms with E-state index in [9.17, 15) is 4.79 Å². The number of benzene rings is 2. The lowest BCUT2D eigenvalue weighted by Crippen LogP contribution is -2.35. The first-order valence-corrected chi connectivity index (χ1v) is 10.9. The Morgan fingerprint density at radius 1 is 1.18 bits per heavy atom. The molecule has 144 valence electrons. The van der Waals surface area contributed by atoms with Crippen molar-refractivity contribution in [1.82, 2.24) is 10.2 Å². The summed E-state index contributed by atoms with van der Waals surface area (Å²) < 4.78 is 0.791. The lowest BCUT2D eigenvalue weighted by Gasteiger charge is -2.20. The van der Waals surface area contributed by atoms with E-state index in [-0.39, 0.29) is 11.2 Å². The maximum absolute atomic E-state index is 12.9. The number of fused-ring (bicyclic) bond motifs is 1. The Bertz CT molecular complexity index is 1020. The topological polar surface area (TPSA) is 58.1 Å². The van der Waals surface area contributed by atoms with Crippen LogP contribution in [0.3, 0.4) is 0 Å². The van der Waals surface area contributed by atoms with Gasteiger partial charge in [-0.3, -0.25) is 4.79 Å². The van der Waals surface area contributed by atoms with Crippen molar-refractivity contribution in [2.45, 2.75) is 36.8 Å². The number of aromatic nitrogens is 2. The van der Waals surface area contributed by atoms with E-state index >= 15 is 0 Å². The number of anilines is 3. The molecule has 1 aliphatic heterocycles. The zero-order valence-corrected chi connectivity index (χ0v) is 17.7. The van der Waals surface area contributed by atoms with Gasteiger partial charge in [-0.1, -0.05) is 47.4 Å². The van der Waals surface area contributed by atoms with E-state index in [1.165, 1.54) is 39.8 Å². The van der Waals surface area contributed by atoms with E-state index < -0.39 is 0 Å². The van der Waals surface area contributed by atoms with Gasteiger partial charge in [0.2, 0.25) is 11.0 Å². The molecule has 3 aromatic rings. The highest BCUT2D eigenvalue weighted by molar-refractivity contribution is 8.02. The molecule has 0 saturated heterocycles. The maximum Gasteiger partial charge on any atom is 0.240 e. The van der Waals surface area contributed by atoms with Crippen molar-refractivity contribution in [2.24, 2.45) is 0 Å². The third kappa shape index (κ3) is 3.91. The SMILES string of the molecule is Cc1ccc(Nc2nnc(S[C@H](C)C(=O)N3CCc4ccccc43)s2)cc1C. The molecule has 28 heavy (non-hydrogen) atoms. The molecule has 2 aromatic carbocycles. The molecule has 4 rings (SSSR count). The zero-order chi connectivity index (χ0) is 19.7. The van der Waals surface area contributed by atoms with E-state index in [2.05, 4.69) is 47.6 Å². The number of nitrogens with zero attached hydrogens (tertiary/aromatic N) is 3. The first-order valence-electron chi connectivity index (χ1n) is 9.25. The van der Waals surface area contributed by atoms with Crippen LogP contribution >= 0.6 is 23.1 Å². The molecule has 0 spiro atoms. The minimum absolute atomic E-state index is 0.119. The van der Waals surface area contributed by atoms with Crippen molar-refractivity contribution >= 4 is 45.5 Å². The molecular formula is C21H22N4OS2. The van der Waals surface area contributed by atoms with Crippen LogP contribution in [-0.2, 0) is 11.2 Å². The highest BCUT2D eigenvalue weighted by Gasteiger charge is 2.28. The minimum Gasteiger partial charge on any atom is -0.330 e. The number of carbonyl (C=O) groups is 1. The van der Waals surface area contributed by atoms with Crippen LogP contribution in [0.4, 0.5) is 16.5 Å². The van der Waals surface area contributed by atoms with Crippen molar-refractivity contribution in [2.75, 3.05) is 16.8 Å². The minimum atomic E-state index is -0.214. The third-order valence-electron chi connectivity index (χ3n) is 4.94. The quantitative estimate of drug-likeness (QED) is 0.602. The number of nitrogens with one attached hydrogen (secondary N) is 1. The predicted octanol–water partition coefficient (Wildman–Crippen LogP) is 4.97. The van der Waals surface area contributed by atoms with Gasteiger partial charge >= 0.3 is 0 Å². The standard InChI is InChI=1S/C21H22N4OS2/c1-13-8-9-17(12-14(13)2)22-20-23-24-21(28-20)27-15(3)19(26)25-11-10-16-6-4-5-7-18(16)25/h4-9,12,15H,10-11H2,1-3H3,(H,22,23)/t15-/m1/s1. The van der Waals surface area contributed by atoms with E-state index in [0.29, 0.717) is 0 Å².